The van der Waals surface area contributed by atoms with E-state index in [0.717, 1.165) is 0 Å². The van der Waals surface area contributed by atoms with Crippen LogP contribution in [0.15, 0.2) is 16.6 Å². The van der Waals surface area contributed by atoms with Crippen LogP contribution < -0.4 is 0 Å². The predicted molar refractivity (Wildman–Crippen MR) is 45.8 cm³/mol. The maximum absolute atomic E-state index is 13.1. The number of aromatic carboxylic acids is 1. The molecular formula is C8H6BrFO2. The minimum atomic E-state index is -1.24. The molecule has 0 bridgehead atoms. The second-order valence-electron chi connectivity index (χ2n) is 2.36. The normalized spacial score (nSPS) is 9.92. The molecule has 0 saturated carbocycles. The molecule has 0 amide bonds. The highest BCUT2D eigenvalue weighted by Gasteiger charge is 2.15. The predicted octanol–water partition coefficient (Wildman–Crippen LogP) is 2.59. The van der Waals surface area contributed by atoms with Gasteiger partial charge in [-0.3, -0.25) is 0 Å². The fraction of sp³-hybridized carbons (Fsp3) is 0.125. The molecular weight excluding hydrogens is 227 g/mol. The molecule has 2 nitrogen and oxygen atoms in total. The van der Waals surface area contributed by atoms with Crippen molar-refractivity contribution in [1.82, 2.24) is 0 Å². The summed E-state index contributed by atoms with van der Waals surface area (Å²) in [6.45, 7) is 1.55. The Labute approximate surface area is 77.2 Å². The molecule has 0 fully saturated rings. The first-order chi connectivity index (χ1) is 5.54. The lowest BCUT2D eigenvalue weighted by Gasteiger charge is -2.02. The Morgan fingerprint density at radius 2 is 2.17 bits per heavy atom. The molecule has 0 aliphatic heterocycles. The largest absolute Gasteiger partial charge is 0.478 e. The Morgan fingerprint density at radius 1 is 1.58 bits per heavy atom. The molecule has 0 heterocycles. The van der Waals surface area contributed by atoms with Gasteiger partial charge in [-0.1, -0.05) is 6.07 Å². The van der Waals surface area contributed by atoms with Gasteiger partial charge < -0.3 is 5.11 Å². The molecule has 1 aromatic carbocycles. The summed E-state index contributed by atoms with van der Waals surface area (Å²) in [7, 11) is 0. The van der Waals surface area contributed by atoms with E-state index in [2.05, 4.69) is 15.9 Å². The molecule has 0 unspecified atom stereocenters. The van der Waals surface area contributed by atoms with Gasteiger partial charge in [0.05, 0.1) is 10.0 Å². The van der Waals surface area contributed by atoms with Gasteiger partial charge in [0.15, 0.2) is 5.82 Å². The highest BCUT2D eigenvalue weighted by atomic mass is 79.9. The van der Waals surface area contributed by atoms with Crippen LogP contribution >= 0.6 is 15.9 Å². The molecule has 0 saturated heterocycles. The van der Waals surface area contributed by atoms with Crippen molar-refractivity contribution in [2.45, 2.75) is 6.92 Å². The van der Waals surface area contributed by atoms with E-state index < -0.39 is 11.8 Å². The summed E-state index contributed by atoms with van der Waals surface area (Å²) in [5.74, 6) is -1.96. The van der Waals surface area contributed by atoms with Gasteiger partial charge in [-0.15, -0.1) is 0 Å². The number of carboxylic acid groups (broad SMARTS) is 1. The van der Waals surface area contributed by atoms with Crippen LogP contribution in [0.5, 0.6) is 0 Å². The Balaban J connectivity index is 3.43. The number of hydrogen-bond acceptors (Lipinski definition) is 1. The second kappa shape index (κ2) is 3.23. The third-order valence-electron chi connectivity index (χ3n) is 1.52. The summed E-state index contributed by atoms with van der Waals surface area (Å²) in [4.78, 5) is 10.5. The topological polar surface area (TPSA) is 37.3 Å². The molecule has 0 spiro atoms. The van der Waals surface area contributed by atoms with Crippen LogP contribution in [-0.4, -0.2) is 11.1 Å². The standard InChI is InChI=1S/C8H6BrFO2/c1-4-2-3-5(9)7(10)6(4)8(11)12/h2-3H,1H3,(H,11,12). The Bertz CT molecular complexity index is 336. The third-order valence-corrected chi connectivity index (χ3v) is 2.13. The molecule has 1 rings (SSSR count). The zero-order chi connectivity index (χ0) is 9.30. The number of rotatable bonds is 1. The van der Waals surface area contributed by atoms with Crippen LogP contribution in [0.1, 0.15) is 15.9 Å². The maximum atomic E-state index is 13.1. The fourth-order valence-electron chi connectivity index (χ4n) is 0.910. The van der Waals surface area contributed by atoms with Gasteiger partial charge in [0.2, 0.25) is 0 Å². The number of carboxylic acids is 1. The van der Waals surface area contributed by atoms with Gasteiger partial charge in [-0.05, 0) is 34.5 Å². The highest BCUT2D eigenvalue weighted by Crippen LogP contribution is 2.21. The van der Waals surface area contributed by atoms with Gasteiger partial charge in [-0.2, -0.15) is 0 Å². The molecule has 0 atom stereocenters. The highest BCUT2D eigenvalue weighted by molar-refractivity contribution is 9.10. The summed E-state index contributed by atoms with van der Waals surface area (Å²) in [6, 6.07) is 3.04. The van der Waals surface area contributed by atoms with E-state index in [1.807, 2.05) is 0 Å². The molecule has 1 aromatic rings. The van der Waals surface area contributed by atoms with Crippen LogP contribution in [-0.2, 0) is 0 Å². The van der Waals surface area contributed by atoms with Crippen LogP contribution in [0.25, 0.3) is 0 Å². The van der Waals surface area contributed by atoms with E-state index >= 15 is 0 Å². The Kier molecular flexibility index (Phi) is 2.47. The van der Waals surface area contributed by atoms with Crippen LogP contribution in [0.2, 0.25) is 0 Å². The SMILES string of the molecule is Cc1ccc(Br)c(F)c1C(=O)O. The van der Waals surface area contributed by atoms with Crippen LogP contribution in [0.3, 0.4) is 0 Å². The van der Waals surface area contributed by atoms with Gasteiger partial charge >= 0.3 is 5.97 Å². The van der Waals surface area contributed by atoms with E-state index in [4.69, 9.17) is 5.11 Å². The lowest BCUT2D eigenvalue weighted by atomic mass is 10.1. The fourth-order valence-corrected chi connectivity index (χ4v) is 1.24. The van der Waals surface area contributed by atoms with Crippen LogP contribution in [0.4, 0.5) is 4.39 Å². The van der Waals surface area contributed by atoms with Gasteiger partial charge in [-0.25, -0.2) is 9.18 Å². The summed E-state index contributed by atoms with van der Waals surface area (Å²) >= 11 is 2.91. The van der Waals surface area contributed by atoms with E-state index in [9.17, 15) is 9.18 Å². The van der Waals surface area contributed by atoms with Gasteiger partial charge in [0.1, 0.15) is 0 Å². The zero-order valence-electron chi connectivity index (χ0n) is 6.27. The zero-order valence-corrected chi connectivity index (χ0v) is 7.85. The molecule has 1 N–H and O–H groups in total. The molecule has 64 valence electrons. The minimum absolute atomic E-state index is 0.172. The second-order valence-corrected chi connectivity index (χ2v) is 3.21. The minimum Gasteiger partial charge on any atom is -0.478 e. The molecule has 0 radical (unpaired) electrons. The number of carbonyl (C=O) groups is 1. The molecule has 4 heteroatoms. The van der Waals surface area contributed by atoms with Gasteiger partial charge in [0.25, 0.3) is 0 Å². The average Bonchev–Trinajstić information content (AvgIpc) is 1.97. The average molecular weight is 233 g/mol. The van der Waals surface area contributed by atoms with Crippen molar-refractivity contribution in [3.05, 3.63) is 33.5 Å². The Morgan fingerprint density at radius 3 is 2.58 bits per heavy atom. The van der Waals surface area contributed by atoms with Crippen molar-refractivity contribution in [1.29, 1.82) is 0 Å². The van der Waals surface area contributed by atoms with Crippen molar-refractivity contribution < 1.29 is 14.3 Å². The molecule has 0 aromatic heterocycles. The summed E-state index contributed by atoms with van der Waals surface area (Å²) in [5.41, 5.74) is 0.146. The number of halogens is 2. The van der Waals surface area contributed by atoms with Crippen molar-refractivity contribution in [3.8, 4) is 0 Å². The van der Waals surface area contributed by atoms with Crippen molar-refractivity contribution >= 4 is 21.9 Å². The smallest absolute Gasteiger partial charge is 0.338 e. The first-order valence-corrected chi connectivity index (χ1v) is 4.01. The first kappa shape index (κ1) is 9.19. The lowest BCUT2D eigenvalue weighted by molar-refractivity contribution is 0.0691. The monoisotopic (exact) mass is 232 g/mol. The lowest BCUT2D eigenvalue weighted by Crippen LogP contribution is -2.03. The molecule has 0 aliphatic rings. The van der Waals surface area contributed by atoms with Crippen molar-refractivity contribution in [2.75, 3.05) is 0 Å². The van der Waals surface area contributed by atoms with Gasteiger partial charge in [0, 0.05) is 0 Å². The number of aryl methyl sites for hydroxylation is 1. The Hall–Kier alpha value is -0.900. The summed E-state index contributed by atoms with van der Waals surface area (Å²) < 4.78 is 13.3. The number of hydrogen-bond donors (Lipinski definition) is 1. The van der Waals surface area contributed by atoms with Crippen molar-refractivity contribution in [2.24, 2.45) is 0 Å². The first-order valence-electron chi connectivity index (χ1n) is 3.22. The van der Waals surface area contributed by atoms with Crippen molar-refractivity contribution in [3.63, 3.8) is 0 Å². The summed E-state index contributed by atoms with van der Waals surface area (Å²) in [6.07, 6.45) is 0. The van der Waals surface area contributed by atoms with E-state index in [1.54, 1.807) is 13.0 Å². The quantitative estimate of drug-likeness (QED) is 0.809. The molecule has 12 heavy (non-hydrogen) atoms. The maximum Gasteiger partial charge on any atom is 0.338 e. The van der Waals surface area contributed by atoms with E-state index in [-0.39, 0.29) is 10.0 Å². The van der Waals surface area contributed by atoms with E-state index in [1.165, 1.54) is 6.07 Å². The third kappa shape index (κ3) is 1.48. The summed E-state index contributed by atoms with van der Waals surface area (Å²) in [5, 5.41) is 8.61. The molecule has 0 aliphatic carbocycles. The van der Waals surface area contributed by atoms with E-state index in [0.29, 0.717) is 5.56 Å². The van der Waals surface area contributed by atoms with Crippen LogP contribution in [0, 0.1) is 12.7 Å². The number of benzene rings is 1.